The Morgan fingerprint density at radius 1 is 0.889 bits per heavy atom. The molecular weight excluding hydrogens is 222 g/mol. The molecule has 2 nitrogen and oxygen atoms in total. The molecule has 0 unspecified atom stereocenters. The molecule has 0 bridgehead atoms. The van der Waals surface area contributed by atoms with Crippen LogP contribution in [0.15, 0.2) is 60.8 Å². The molecule has 2 aromatic carbocycles. The first-order chi connectivity index (χ1) is 8.88. The Morgan fingerprint density at radius 2 is 1.67 bits per heavy atom. The number of benzene rings is 2. The molecule has 0 saturated carbocycles. The van der Waals surface area contributed by atoms with E-state index < -0.39 is 0 Å². The molecule has 0 saturated heterocycles. The number of ether oxygens (including phenoxy) is 1. The van der Waals surface area contributed by atoms with E-state index in [4.69, 9.17) is 4.74 Å². The number of hydrogen-bond donors (Lipinski definition) is 0. The van der Waals surface area contributed by atoms with Gasteiger partial charge in [0.2, 0.25) is 0 Å². The Balaban J connectivity index is 2.18. The van der Waals surface area contributed by atoms with Gasteiger partial charge in [-0.3, -0.25) is 4.98 Å². The standard InChI is InChI=1S/C16H13NO/c1-18-14-8-6-13(7-9-14)16-15-5-3-2-4-12(15)10-11-17-16/h2-11H,1H3. The molecule has 0 spiro atoms. The van der Waals surface area contributed by atoms with E-state index in [2.05, 4.69) is 17.1 Å². The summed E-state index contributed by atoms with van der Waals surface area (Å²) in [5, 5.41) is 2.38. The molecule has 0 atom stereocenters. The van der Waals surface area contributed by atoms with Gasteiger partial charge in [-0.25, -0.2) is 0 Å². The van der Waals surface area contributed by atoms with Crippen molar-refractivity contribution in [2.75, 3.05) is 7.11 Å². The van der Waals surface area contributed by atoms with Crippen molar-refractivity contribution in [3.05, 3.63) is 60.8 Å². The van der Waals surface area contributed by atoms with E-state index in [9.17, 15) is 0 Å². The van der Waals surface area contributed by atoms with Gasteiger partial charge < -0.3 is 4.74 Å². The Hall–Kier alpha value is -2.35. The molecule has 0 aliphatic rings. The lowest BCUT2D eigenvalue weighted by Crippen LogP contribution is -1.87. The number of pyridine rings is 1. The van der Waals surface area contributed by atoms with Crippen LogP contribution in [0.2, 0.25) is 0 Å². The molecule has 0 aliphatic heterocycles. The first-order valence-corrected chi connectivity index (χ1v) is 5.86. The highest BCUT2D eigenvalue weighted by molar-refractivity contribution is 5.94. The largest absolute Gasteiger partial charge is 0.497 e. The monoisotopic (exact) mass is 235 g/mol. The fraction of sp³-hybridized carbons (Fsp3) is 0.0625. The summed E-state index contributed by atoms with van der Waals surface area (Å²) in [6.45, 7) is 0. The van der Waals surface area contributed by atoms with Crippen molar-refractivity contribution in [3.63, 3.8) is 0 Å². The van der Waals surface area contributed by atoms with Crippen LogP contribution in [0.4, 0.5) is 0 Å². The van der Waals surface area contributed by atoms with Crippen molar-refractivity contribution in [2.24, 2.45) is 0 Å². The molecule has 3 aromatic rings. The first-order valence-electron chi connectivity index (χ1n) is 5.86. The second-order valence-corrected chi connectivity index (χ2v) is 4.11. The van der Waals surface area contributed by atoms with Crippen molar-refractivity contribution in [1.29, 1.82) is 0 Å². The third-order valence-corrected chi connectivity index (χ3v) is 3.04. The topological polar surface area (TPSA) is 22.1 Å². The van der Waals surface area contributed by atoms with Crippen LogP contribution in [0.5, 0.6) is 5.75 Å². The van der Waals surface area contributed by atoms with E-state index in [0.717, 1.165) is 17.0 Å². The summed E-state index contributed by atoms with van der Waals surface area (Å²) >= 11 is 0. The van der Waals surface area contributed by atoms with Gasteiger partial charge in [-0.2, -0.15) is 0 Å². The van der Waals surface area contributed by atoms with Crippen molar-refractivity contribution < 1.29 is 4.74 Å². The van der Waals surface area contributed by atoms with Gasteiger partial charge >= 0.3 is 0 Å². The summed E-state index contributed by atoms with van der Waals surface area (Å²) in [5.74, 6) is 0.860. The lowest BCUT2D eigenvalue weighted by molar-refractivity contribution is 0.415. The Bertz CT molecular complexity index is 669. The SMILES string of the molecule is COc1ccc(-c2nccc3ccccc23)cc1. The maximum absolute atomic E-state index is 5.17. The van der Waals surface area contributed by atoms with E-state index >= 15 is 0 Å². The van der Waals surface area contributed by atoms with E-state index in [-0.39, 0.29) is 0 Å². The molecule has 0 amide bonds. The zero-order chi connectivity index (χ0) is 12.4. The molecular formula is C16H13NO. The third kappa shape index (κ3) is 1.82. The minimum Gasteiger partial charge on any atom is -0.497 e. The highest BCUT2D eigenvalue weighted by Crippen LogP contribution is 2.27. The summed E-state index contributed by atoms with van der Waals surface area (Å²) in [6, 6.07) is 18.3. The van der Waals surface area contributed by atoms with Crippen LogP contribution in [0.1, 0.15) is 0 Å². The van der Waals surface area contributed by atoms with Gasteiger partial charge in [-0.1, -0.05) is 24.3 Å². The van der Waals surface area contributed by atoms with Crippen molar-refractivity contribution in [1.82, 2.24) is 4.98 Å². The molecule has 0 aliphatic carbocycles. The maximum Gasteiger partial charge on any atom is 0.118 e. The highest BCUT2D eigenvalue weighted by Gasteiger charge is 2.04. The van der Waals surface area contributed by atoms with Crippen LogP contribution in [0.3, 0.4) is 0 Å². The Morgan fingerprint density at radius 3 is 2.44 bits per heavy atom. The molecule has 1 aromatic heterocycles. The Kier molecular flexibility index (Phi) is 2.69. The summed E-state index contributed by atoms with van der Waals surface area (Å²) in [7, 11) is 1.67. The van der Waals surface area contributed by atoms with Crippen molar-refractivity contribution in [3.8, 4) is 17.0 Å². The fourth-order valence-corrected chi connectivity index (χ4v) is 2.10. The molecule has 88 valence electrons. The fourth-order valence-electron chi connectivity index (χ4n) is 2.10. The second-order valence-electron chi connectivity index (χ2n) is 4.11. The van der Waals surface area contributed by atoms with Gasteiger partial charge in [0, 0.05) is 17.1 Å². The van der Waals surface area contributed by atoms with E-state index in [1.807, 2.05) is 48.7 Å². The second kappa shape index (κ2) is 4.49. The van der Waals surface area contributed by atoms with E-state index in [1.54, 1.807) is 7.11 Å². The van der Waals surface area contributed by atoms with Crippen LogP contribution in [-0.4, -0.2) is 12.1 Å². The molecule has 0 N–H and O–H groups in total. The van der Waals surface area contributed by atoms with Gasteiger partial charge in [0.1, 0.15) is 5.75 Å². The average Bonchev–Trinajstić information content (AvgIpc) is 2.47. The van der Waals surface area contributed by atoms with Gasteiger partial charge in [0.25, 0.3) is 0 Å². The number of aromatic nitrogens is 1. The predicted molar refractivity (Wildman–Crippen MR) is 73.7 cm³/mol. The summed E-state index contributed by atoms with van der Waals surface area (Å²) in [4.78, 5) is 4.49. The normalized spacial score (nSPS) is 10.5. The van der Waals surface area contributed by atoms with E-state index in [0.29, 0.717) is 0 Å². The van der Waals surface area contributed by atoms with Gasteiger partial charge in [0.05, 0.1) is 12.8 Å². The van der Waals surface area contributed by atoms with E-state index in [1.165, 1.54) is 10.8 Å². The summed E-state index contributed by atoms with van der Waals surface area (Å²) < 4.78 is 5.17. The Labute approximate surface area is 106 Å². The molecule has 0 fully saturated rings. The predicted octanol–water partition coefficient (Wildman–Crippen LogP) is 3.91. The van der Waals surface area contributed by atoms with Crippen LogP contribution in [0.25, 0.3) is 22.0 Å². The quantitative estimate of drug-likeness (QED) is 0.671. The number of fused-ring (bicyclic) bond motifs is 1. The molecule has 0 radical (unpaired) electrons. The number of nitrogens with zero attached hydrogens (tertiary/aromatic N) is 1. The number of methoxy groups -OCH3 is 1. The van der Waals surface area contributed by atoms with Gasteiger partial charge in [0.15, 0.2) is 0 Å². The lowest BCUT2D eigenvalue weighted by atomic mass is 10.0. The molecule has 1 heterocycles. The van der Waals surface area contributed by atoms with Crippen LogP contribution in [-0.2, 0) is 0 Å². The maximum atomic E-state index is 5.17. The first kappa shape index (κ1) is 10.8. The smallest absolute Gasteiger partial charge is 0.118 e. The van der Waals surface area contributed by atoms with Crippen LogP contribution in [0, 0.1) is 0 Å². The minimum absolute atomic E-state index is 0.860. The zero-order valence-corrected chi connectivity index (χ0v) is 10.1. The summed E-state index contributed by atoms with van der Waals surface area (Å²) in [6.07, 6.45) is 1.85. The number of hydrogen-bond acceptors (Lipinski definition) is 2. The van der Waals surface area contributed by atoms with Crippen molar-refractivity contribution >= 4 is 10.8 Å². The van der Waals surface area contributed by atoms with Gasteiger partial charge in [-0.15, -0.1) is 0 Å². The van der Waals surface area contributed by atoms with Gasteiger partial charge in [-0.05, 0) is 35.7 Å². The average molecular weight is 235 g/mol. The zero-order valence-electron chi connectivity index (χ0n) is 10.1. The van der Waals surface area contributed by atoms with Crippen LogP contribution < -0.4 is 4.74 Å². The number of rotatable bonds is 2. The van der Waals surface area contributed by atoms with Crippen LogP contribution >= 0.6 is 0 Å². The molecule has 18 heavy (non-hydrogen) atoms. The van der Waals surface area contributed by atoms with Crippen molar-refractivity contribution in [2.45, 2.75) is 0 Å². The summed E-state index contributed by atoms with van der Waals surface area (Å²) in [5.41, 5.74) is 2.11. The highest BCUT2D eigenvalue weighted by atomic mass is 16.5. The molecule has 3 rings (SSSR count). The molecule has 2 heteroatoms. The lowest BCUT2D eigenvalue weighted by Gasteiger charge is -2.06. The third-order valence-electron chi connectivity index (χ3n) is 3.04. The minimum atomic E-state index is 0.860.